The van der Waals surface area contributed by atoms with Crippen molar-refractivity contribution in [3.05, 3.63) is 11.6 Å². The summed E-state index contributed by atoms with van der Waals surface area (Å²) >= 11 is 0. The molecule has 0 N–H and O–H groups in total. The molecule has 0 aromatic rings. The minimum Gasteiger partial charge on any atom is -0.408 e. The molecule has 1 saturated heterocycles. The van der Waals surface area contributed by atoms with Gasteiger partial charge in [-0.15, -0.1) is 0 Å². The lowest BCUT2D eigenvalue weighted by atomic mass is 9.46. The van der Waals surface area contributed by atoms with Gasteiger partial charge in [0.2, 0.25) is 0 Å². The van der Waals surface area contributed by atoms with Crippen LogP contribution in [0.15, 0.2) is 11.6 Å². The normalized spacial score (nSPS) is 48.2. The summed E-state index contributed by atoms with van der Waals surface area (Å²) in [4.78, 5) is 12.1. The van der Waals surface area contributed by atoms with Gasteiger partial charge in [0.25, 0.3) is 0 Å². The van der Waals surface area contributed by atoms with Crippen molar-refractivity contribution in [2.75, 3.05) is 6.61 Å². The molecule has 0 aromatic carbocycles. The molecule has 0 unspecified atom stereocenters. The minimum absolute atomic E-state index is 0.0744. The summed E-state index contributed by atoms with van der Waals surface area (Å²) in [5.41, 5.74) is 2.19. The van der Waals surface area contributed by atoms with Gasteiger partial charge >= 0.3 is 7.12 Å². The van der Waals surface area contributed by atoms with Crippen molar-refractivity contribution < 1.29 is 14.1 Å². The van der Waals surface area contributed by atoms with Gasteiger partial charge in [0, 0.05) is 6.42 Å². The van der Waals surface area contributed by atoms with Crippen molar-refractivity contribution >= 4 is 12.9 Å². The lowest BCUT2D eigenvalue weighted by Gasteiger charge is -2.58. The number of rotatable bonds is 2. The predicted molar refractivity (Wildman–Crippen MR) is 124 cm³/mol. The number of ketones is 1. The largest absolute Gasteiger partial charge is 0.460 e. The molecule has 5 fully saturated rings. The quantitative estimate of drug-likeness (QED) is 0.483. The second-order valence-electron chi connectivity index (χ2n) is 12.5. The maximum Gasteiger partial charge on any atom is 0.460 e. The molecule has 0 amide bonds. The molecule has 5 aliphatic carbocycles. The highest BCUT2D eigenvalue weighted by Crippen LogP contribution is 2.67. The number of fused-ring (bicyclic) bond motifs is 5. The molecule has 0 aromatic heterocycles. The van der Waals surface area contributed by atoms with Gasteiger partial charge in [0.05, 0.1) is 12.7 Å². The second kappa shape index (κ2) is 7.72. The van der Waals surface area contributed by atoms with Crippen LogP contribution in [0.1, 0.15) is 97.3 Å². The van der Waals surface area contributed by atoms with Gasteiger partial charge in [-0.3, -0.25) is 4.79 Å². The van der Waals surface area contributed by atoms with Crippen LogP contribution in [0.3, 0.4) is 0 Å². The van der Waals surface area contributed by atoms with Crippen LogP contribution < -0.4 is 0 Å². The molecule has 3 nitrogen and oxygen atoms in total. The van der Waals surface area contributed by atoms with E-state index in [-0.39, 0.29) is 12.5 Å². The van der Waals surface area contributed by atoms with E-state index in [4.69, 9.17) is 9.31 Å². The molecule has 1 aliphatic heterocycles. The Balaban J connectivity index is 1.18. The molecule has 31 heavy (non-hydrogen) atoms. The van der Waals surface area contributed by atoms with E-state index < -0.39 is 0 Å². The fourth-order valence-electron chi connectivity index (χ4n) is 9.52. The smallest absolute Gasteiger partial charge is 0.408 e. The number of allylic oxidation sites excluding steroid dienone is 1. The Bertz CT molecular complexity index is 758. The lowest BCUT2D eigenvalue weighted by molar-refractivity contribution is -0.117. The Morgan fingerprint density at radius 2 is 1.71 bits per heavy atom. The molecule has 170 valence electrons. The average molecular weight is 424 g/mol. The van der Waals surface area contributed by atoms with E-state index in [0.717, 1.165) is 43.6 Å². The molecule has 6 rings (SSSR count). The first kappa shape index (κ1) is 21.0. The first-order chi connectivity index (χ1) is 15.0. The van der Waals surface area contributed by atoms with Crippen LogP contribution in [0.25, 0.3) is 0 Å². The van der Waals surface area contributed by atoms with Crippen LogP contribution >= 0.6 is 0 Å². The fraction of sp³-hybridized carbons (Fsp3) is 0.889. The molecule has 4 saturated carbocycles. The lowest BCUT2D eigenvalue weighted by Crippen LogP contribution is -2.51. The van der Waals surface area contributed by atoms with Crippen LogP contribution in [-0.2, 0) is 14.1 Å². The maximum absolute atomic E-state index is 12.1. The van der Waals surface area contributed by atoms with E-state index >= 15 is 0 Å². The fourth-order valence-corrected chi connectivity index (χ4v) is 9.52. The molecule has 7 atom stereocenters. The summed E-state index contributed by atoms with van der Waals surface area (Å²) in [6.45, 7) is 5.94. The Hall–Kier alpha value is -0.605. The number of carbonyl (C=O) groups is 1. The van der Waals surface area contributed by atoms with E-state index in [1.807, 2.05) is 6.08 Å². The molecule has 0 radical (unpaired) electrons. The van der Waals surface area contributed by atoms with Gasteiger partial charge in [0.15, 0.2) is 5.78 Å². The van der Waals surface area contributed by atoms with E-state index in [9.17, 15) is 4.79 Å². The summed E-state index contributed by atoms with van der Waals surface area (Å²) < 4.78 is 13.0. The summed E-state index contributed by atoms with van der Waals surface area (Å²) in [6, 6.07) is 0. The number of carbonyl (C=O) groups excluding carboxylic acids is 1. The van der Waals surface area contributed by atoms with Crippen molar-refractivity contribution in [2.45, 2.75) is 109 Å². The summed E-state index contributed by atoms with van der Waals surface area (Å²) in [5.74, 6) is 4.15. The van der Waals surface area contributed by atoms with Crippen LogP contribution in [0.5, 0.6) is 0 Å². The number of hydrogen-bond donors (Lipinski definition) is 0. The van der Waals surface area contributed by atoms with Crippen LogP contribution in [-0.4, -0.2) is 25.6 Å². The SMILES string of the molecule is C[C@]12CC[C@H]3[C@@H](CCC4=CC(=O)CC[C@@]43C)[C@@H]1CC[C@@H]2[C@@H]1COB(C2CCCCC2)O1. The van der Waals surface area contributed by atoms with Crippen molar-refractivity contribution in [1.82, 2.24) is 0 Å². The molecule has 6 aliphatic rings. The van der Waals surface area contributed by atoms with Gasteiger partial charge < -0.3 is 9.31 Å². The number of hydrogen-bond acceptors (Lipinski definition) is 3. The summed E-state index contributed by atoms with van der Waals surface area (Å²) in [7, 11) is 0.0744. The Morgan fingerprint density at radius 3 is 2.55 bits per heavy atom. The van der Waals surface area contributed by atoms with Crippen molar-refractivity contribution in [2.24, 2.45) is 34.5 Å². The first-order valence-electron chi connectivity index (χ1n) is 13.5. The van der Waals surface area contributed by atoms with Crippen molar-refractivity contribution in [3.8, 4) is 0 Å². The predicted octanol–water partition coefficient (Wildman–Crippen LogP) is 6.37. The Morgan fingerprint density at radius 1 is 0.903 bits per heavy atom. The van der Waals surface area contributed by atoms with Gasteiger partial charge in [-0.1, -0.05) is 51.5 Å². The molecular formula is C27H41BO3. The third-order valence-electron chi connectivity index (χ3n) is 11.3. The van der Waals surface area contributed by atoms with E-state index in [0.29, 0.717) is 29.0 Å². The molecule has 0 bridgehead atoms. The highest BCUT2D eigenvalue weighted by atomic mass is 16.6. The van der Waals surface area contributed by atoms with Crippen LogP contribution in [0.2, 0.25) is 5.82 Å². The van der Waals surface area contributed by atoms with Gasteiger partial charge in [-0.05, 0) is 91.3 Å². The molecule has 0 spiro atoms. The Kier molecular flexibility index (Phi) is 5.22. The highest BCUT2D eigenvalue weighted by Gasteiger charge is 2.61. The summed E-state index contributed by atoms with van der Waals surface area (Å²) in [6.07, 6.45) is 18.8. The average Bonchev–Trinajstić information content (AvgIpc) is 3.39. The van der Waals surface area contributed by atoms with Crippen LogP contribution in [0.4, 0.5) is 0 Å². The third kappa shape index (κ3) is 3.25. The zero-order valence-corrected chi connectivity index (χ0v) is 19.7. The van der Waals surface area contributed by atoms with Gasteiger partial charge in [-0.25, -0.2) is 0 Å². The van der Waals surface area contributed by atoms with Crippen LogP contribution in [0, 0.1) is 34.5 Å². The van der Waals surface area contributed by atoms with E-state index in [1.54, 1.807) is 0 Å². The molecular weight excluding hydrogens is 383 g/mol. The minimum atomic E-state index is 0.0744. The Labute approximate surface area is 189 Å². The van der Waals surface area contributed by atoms with Crippen molar-refractivity contribution in [3.63, 3.8) is 0 Å². The van der Waals surface area contributed by atoms with E-state index in [2.05, 4.69) is 13.8 Å². The zero-order valence-electron chi connectivity index (χ0n) is 19.7. The van der Waals surface area contributed by atoms with Gasteiger partial charge in [-0.2, -0.15) is 0 Å². The second-order valence-corrected chi connectivity index (χ2v) is 12.5. The van der Waals surface area contributed by atoms with E-state index in [1.165, 1.54) is 69.8 Å². The maximum atomic E-state index is 12.1. The molecule has 1 heterocycles. The monoisotopic (exact) mass is 424 g/mol. The van der Waals surface area contributed by atoms with Crippen molar-refractivity contribution in [1.29, 1.82) is 0 Å². The third-order valence-corrected chi connectivity index (χ3v) is 11.3. The first-order valence-corrected chi connectivity index (χ1v) is 13.5. The molecule has 4 heteroatoms. The van der Waals surface area contributed by atoms with Gasteiger partial charge in [0.1, 0.15) is 0 Å². The highest BCUT2D eigenvalue weighted by molar-refractivity contribution is 6.47. The summed E-state index contributed by atoms with van der Waals surface area (Å²) in [5, 5.41) is 0. The standard InChI is InChI=1S/C27H41BO3/c1-26-14-12-20(29)16-18(26)8-9-21-22-10-11-24(27(22,2)15-13-23(21)26)25-17-30-28(31-25)19-6-4-3-5-7-19/h16,19,21-25H,3-15,17H2,1-2H3/t21-,22-,23-,24+,25-,26-,27-/m0/s1. The zero-order chi connectivity index (χ0) is 21.2. The topological polar surface area (TPSA) is 35.5 Å².